The molecule has 116 valence electrons. The predicted octanol–water partition coefficient (Wildman–Crippen LogP) is 2.36. The van der Waals surface area contributed by atoms with Crippen molar-refractivity contribution in [3.05, 3.63) is 39.1 Å². The molecule has 1 aromatic rings. The lowest BCUT2D eigenvalue weighted by Crippen LogP contribution is -2.60. The average Bonchev–Trinajstić information content (AvgIpc) is 3.06. The minimum Gasteiger partial charge on any atom is -0.477 e. The van der Waals surface area contributed by atoms with Crippen LogP contribution >= 0.6 is 23.1 Å². The van der Waals surface area contributed by atoms with Gasteiger partial charge in [0.1, 0.15) is 11.1 Å². The summed E-state index contributed by atoms with van der Waals surface area (Å²) in [6.07, 6.45) is 1.08. The molecule has 2 aliphatic rings. The second kappa shape index (κ2) is 5.57. The number of aliphatic hydroxyl groups is 1. The molecule has 2 aliphatic heterocycles. The fraction of sp³-hybridized carbons (Fsp3) is 0.333. The van der Waals surface area contributed by atoms with E-state index < -0.39 is 18.0 Å². The molecule has 3 atom stereocenters. The van der Waals surface area contributed by atoms with E-state index >= 15 is 0 Å². The molecule has 22 heavy (non-hydrogen) atoms. The Bertz CT molecular complexity index is 690. The topological polar surface area (TPSA) is 77.8 Å². The molecule has 0 spiro atoms. The van der Waals surface area contributed by atoms with Crippen molar-refractivity contribution in [3.63, 3.8) is 0 Å². The summed E-state index contributed by atoms with van der Waals surface area (Å²) in [7, 11) is 0. The van der Waals surface area contributed by atoms with Gasteiger partial charge in [-0.05, 0) is 25.3 Å². The van der Waals surface area contributed by atoms with E-state index in [-0.39, 0.29) is 17.0 Å². The van der Waals surface area contributed by atoms with Crippen molar-refractivity contribution in [3.8, 4) is 0 Å². The first-order valence-corrected chi connectivity index (χ1v) is 8.59. The number of carbonyl (C=O) groups excluding carboxylic acids is 1. The Balaban J connectivity index is 2.04. The van der Waals surface area contributed by atoms with Gasteiger partial charge in [-0.1, -0.05) is 23.9 Å². The number of rotatable bonds is 4. The fourth-order valence-electron chi connectivity index (χ4n) is 2.79. The highest BCUT2D eigenvalue weighted by atomic mass is 32.2. The maximum Gasteiger partial charge on any atom is 0.353 e. The van der Waals surface area contributed by atoms with E-state index in [4.69, 9.17) is 0 Å². The summed E-state index contributed by atoms with van der Waals surface area (Å²) in [4.78, 5) is 26.7. The number of hydrogen-bond acceptors (Lipinski definition) is 5. The van der Waals surface area contributed by atoms with Crippen LogP contribution in [0.2, 0.25) is 0 Å². The van der Waals surface area contributed by atoms with Gasteiger partial charge in [0, 0.05) is 15.4 Å². The normalized spacial score (nSPS) is 26.0. The largest absolute Gasteiger partial charge is 0.477 e. The number of allylic oxidation sites excluding steroid dienone is 2. The van der Waals surface area contributed by atoms with Crippen molar-refractivity contribution in [2.45, 2.75) is 25.3 Å². The number of carboxylic acid groups (broad SMARTS) is 1. The van der Waals surface area contributed by atoms with E-state index in [2.05, 4.69) is 0 Å². The van der Waals surface area contributed by atoms with Crippen molar-refractivity contribution in [2.75, 3.05) is 0 Å². The van der Waals surface area contributed by atoms with Crippen LogP contribution in [-0.2, 0) is 9.59 Å². The van der Waals surface area contributed by atoms with Gasteiger partial charge in [-0.25, -0.2) is 4.79 Å². The van der Waals surface area contributed by atoms with Crippen molar-refractivity contribution in [1.82, 2.24) is 4.90 Å². The van der Waals surface area contributed by atoms with Gasteiger partial charge in [0.15, 0.2) is 0 Å². The number of amides is 1. The number of hydrogen-bond donors (Lipinski definition) is 2. The molecule has 1 aromatic heterocycles. The molecule has 2 N–H and O–H groups in total. The molecule has 0 radical (unpaired) electrons. The van der Waals surface area contributed by atoms with Crippen LogP contribution in [0.1, 0.15) is 18.7 Å². The Morgan fingerprint density at radius 1 is 1.50 bits per heavy atom. The first-order valence-electron chi connectivity index (χ1n) is 6.83. The fourth-order valence-corrected chi connectivity index (χ4v) is 5.36. The van der Waals surface area contributed by atoms with Crippen LogP contribution in [0.3, 0.4) is 0 Å². The van der Waals surface area contributed by atoms with E-state index in [0.29, 0.717) is 4.91 Å². The summed E-state index contributed by atoms with van der Waals surface area (Å²) in [5, 5.41) is 20.9. The molecule has 1 fully saturated rings. The first-order chi connectivity index (χ1) is 10.5. The van der Waals surface area contributed by atoms with Crippen LogP contribution in [0.15, 0.2) is 34.2 Å². The number of thiophene rings is 1. The summed E-state index contributed by atoms with van der Waals surface area (Å²) in [6.45, 7) is 3.42. The number of aliphatic hydroxyl groups excluding tert-OH is 1. The molecule has 0 aromatic carbocycles. The molecule has 5 nitrogen and oxygen atoms in total. The number of carbonyl (C=O) groups is 2. The van der Waals surface area contributed by atoms with E-state index in [1.54, 1.807) is 6.92 Å². The number of β-lactam (4-membered cyclic amide) rings is 1. The summed E-state index contributed by atoms with van der Waals surface area (Å²) in [6, 6.07) is 3.83. The highest BCUT2D eigenvalue weighted by Gasteiger charge is 2.58. The molecule has 3 rings (SSSR count). The summed E-state index contributed by atoms with van der Waals surface area (Å²) < 4.78 is 0. The van der Waals surface area contributed by atoms with Gasteiger partial charge in [0.05, 0.1) is 12.0 Å². The van der Waals surface area contributed by atoms with Crippen molar-refractivity contribution < 1.29 is 19.8 Å². The van der Waals surface area contributed by atoms with Gasteiger partial charge in [-0.3, -0.25) is 9.69 Å². The number of fused-ring (bicyclic) bond motifs is 1. The van der Waals surface area contributed by atoms with Crippen LogP contribution in [0.4, 0.5) is 0 Å². The Hall–Kier alpha value is -1.57. The second-order valence-corrected chi connectivity index (χ2v) is 7.22. The van der Waals surface area contributed by atoms with Crippen LogP contribution < -0.4 is 0 Å². The van der Waals surface area contributed by atoms with Crippen molar-refractivity contribution in [2.24, 2.45) is 5.92 Å². The lowest BCUT2D eigenvalue weighted by atomic mass is 9.92. The van der Waals surface area contributed by atoms with Crippen LogP contribution in [0.25, 0.3) is 5.57 Å². The Kier molecular flexibility index (Phi) is 3.88. The minimum absolute atomic E-state index is 0.0263. The number of thioether (sulfide) groups is 1. The number of aliphatic carboxylic acids is 1. The zero-order valence-electron chi connectivity index (χ0n) is 12.0. The third-order valence-corrected chi connectivity index (χ3v) is 6.12. The lowest BCUT2D eigenvalue weighted by Gasteiger charge is -2.43. The second-order valence-electron chi connectivity index (χ2n) is 5.15. The quantitative estimate of drug-likeness (QED) is 0.825. The standard InChI is InChI=1S/C15H15NO4S2/c1-3-8(9-5-4-6-21-9)12-11(15(19)20)16-13(18)10(7(2)17)14(16)22-12/h3-7,10,14,17H,1-2H3,(H,19,20)/b8-3-/t7?,10-,14+/m0/s1. The highest BCUT2D eigenvalue weighted by Crippen LogP contribution is 2.54. The molecule has 0 saturated carbocycles. The van der Waals surface area contributed by atoms with Gasteiger partial charge in [-0.2, -0.15) is 0 Å². The zero-order valence-corrected chi connectivity index (χ0v) is 13.6. The molecular weight excluding hydrogens is 322 g/mol. The van der Waals surface area contributed by atoms with Crippen LogP contribution in [0, 0.1) is 5.92 Å². The van der Waals surface area contributed by atoms with Crippen molar-refractivity contribution >= 4 is 40.5 Å². The number of carboxylic acids is 1. The smallest absolute Gasteiger partial charge is 0.353 e. The first kappa shape index (κ1) is 15.3. The average molecular weight is 337 g/mol. The van der Waals surface area contributed by atoms with E-state index in [9.17, 15) is 19.8 Å². The summed E-state index contributed by atoms with van der Waals surface area (Å²) >= 11 is 2.88. The molecular formula is C15H15NO4S2. The molecule has 0 aliphatic carbocycles. The van der Waals surface area contributed by atoms with Gasteiger partial charge >= 0.3 is 5.97 Å². The lowest BCUT2D eigenvalue weighted by molar-refractivity contribution is -0.156. The Morgan fingerprint density at radius 3 is 2.73 bits per heavy atom. The molecule has 1 unspecified atom stereocenters. The van der Waals surface area contributed by atoms with E-state index in [1.807, 2.05) is 30.5 Å². The maximum absolute atomic E-state index is 12.2. The molecule has 0 bridgehead atoms. The van der Waals surface area contributed by atoms with Gasteiger partial charge in [-0.15, -0.1) is 11.3 Å². The zero-order chi connectivity index (χ0) is 16.0. The third kappa shape index (κ3) is 2.12. The monoisotopic (exact) mass is 337 g/mol. The molecule has 3 heterocycles. The molecule has 7 heteroatoms. The highest BCUT2D eigenvalue weighted by molar-refractivity contribution is 8.04. The van der Waals surface area contributed by atoms with Gasteiger partial charge in [0.2, 0.25) is 5.91 Å². The molecule has 1 saturated heterocycles. The van der Waals surface area contributed by atoms with Gasteiger partial charge < -0.3 is 10.2 Å². The SMILES string of the molecule is C/C=C(\C1=C(C(=O)O)N2C(=O)[C@H](C(C)O)[C@H]2S1)c1cccs1. The summed E-state index contributed by atoms with van der Waals surface area (Å²) in [5.74, 6) is -1.97. The van der Waals surface area contributed by atoms with Crippen LogP contribution in [-0.4, -0.2) is 38.5 Å². The van der Waals surface area contributed by atoms with Gasteiger partial charge in [0.25, 0.3) is 0 Å². The van der Waals surface area contributed by atoms with E-state index in [0.717, 1.165) is 10.5 Å². The van der Waals surface area contributed by atoms with Crippen LogP contribution in [0.5, 0.6) is 0 Å². The van der Waals surface area contributed by atoms with Crippen molar-refractivity contribution in [1.29, 1.82) is 0 Å². The maximum atomic E-state index is 12.2. The third-order valence-electron chi connectivity index (χ3n) is 3.82. The molecule has 1 amide bonds. The minimum atomic E-state index is -1.11. The Labute approximate surface area is 135 Å². The number of nitrogens with zero attached hydrogens (tertiary/aromatic N) is 1. The Morgan fingerprint density at radius 2 is 2.23 bits per heavy atom. The predicted molar refractivity (Wildman–Crippen MR) is 86.0 cm³/mol. The summed E-state index contributed by atoms with van der Waals surface area (Å²) in [5.41, 5.74) is 0.849. The van der Waals surface area contributed by atoms with E-state index in [1.165, 1.54) is 28.0 Å².